The van der Waals surface area contributed by atoms with Gasteiger partial charge in [-0.15, -0.1) is 0 Å². The van der Waals surface area contributed by atoms with Crippen molar-refractivity contribution in [2.24, 2.45) is 5.73 Å². The van der Waals surface area contributed by atoms with Gasteiger partial charge in [0.25, 0.3) is 0 Å². The van der Waals surface area contributed by atoms with E-state index in [4.69, 9.17) is 15.7 Å². The third-order valence-corrected chi connectivity index (χ3v) is 5.44. The highest BCUT2D eigenvalue weighted by atomic mass is 15.0. The van der Waals surface area contributed by atoms with E-state index in [-0.39, 0.29) is 0 Å². The molecular formula is C20H23N5. The molecule has 2 saturated carbocycles. The zero-order valence-corrected chi connectivity index (χ0v) is 14.2. The lowest BCUT2D eigenvalue weighted by Gasteiger charge is -2.32. The molecule has 0 saturated heterocycles. The van der Waals surface area contributed by atoms with Crippen molar-refractivity contribution in [3.8, 4) is 0 Å². The molecule has 25 heavy (non-hydrogen) atoms. The summed E-state index contributed by atoms with van der Waals surface area (Å²) in [5.41, 5.74) is 9.58. The number of fused-ring (bicyclic) bond motifs is 1. The Morgan fingerprint density at radius 1 is 1.12 bits per heavy atom. The van der Waals surface area contributed by atoms with Crippen molar-refractivity contribution in [3.05, 3.63) is 53.6 Å². The predicted octanol–water partition coefficient (Wildman–Crippen LogP) is 3.65. The first-order chi connectivity index (χ1) is 12.3. The number of nitrogens with two attached hydrogens (primary N) is 1. The zero-order chi connectivity index (χ0) is 16.8. The molecule has 0 atom stereocenters. The Morgan fingerprint density at radius 2 is 2.00 bits per heavy atom. The summed E-state index contributed by atoms with van der Waals surface area (Å²) in [4.78, 5) is 12.9. The number of H-pyrrole nitrogens is 1. The van der Waals surface area contributed by atoms with Crippen LogP contribution in [0.25, 0.3) is 10.9 Å². The summed E-state index contributed by atoms with van der Waals surface area (Å²) in [5.74, 6) is 3.02. The molecule has 5 rings (SSSR count). The number of rotatable bonds is 5. The molecule has 0 unspecified atom stereocenters. The van der Waals surface area contributed by atoms with Crippen LogP contribution in [0.2, 0.25) is 0 Å². The van der Waals surface area contributed by atoms with Crippen LogP contribution in [0, 0.1) is 0 Å². The number of anilines is 1. The number of hydrogen-bond donors (Lipinski definition) is 3. The van der Waals surface area contributed by atoms with Crippen LogP contribution in [0.3, 0.4) is 0 Å². The largest absolute Gasteiger partial charge is 0.366 e. The molecule has 5 nitrogen and oxygen atoms in total. The second-order valence-electron chi connectivity index (χ2n) is 7.45. The molecule has 0 bridgehead atoms. The first-order valence-electron chi connectivity index (χ1n) is 9.19. The third-order valence-electron chi connectivity index (χ3n) is 5.44. The van der Waals surface area contributed by atoms with E-state index < -0.39 is 0 Å². The van der Waals surface area contributed by atoms with E-state index in [1.165, 1.54) is 35.0 Å². The molecule has 2 aliphatic rings. The second-order valence-corrected chi connectivity index (χ2v) is 7.45. The summed E-state index contributed by atoms with van der Waals surface area (Å²) in [6, 6.07) is 11.0. The van der Waals surface area contributed by atoms with Crippen molar-refractivity contribution in [1.82, 2.24) is 15.0 Å². The maximum Gasteiger partial charge on any atom is 0.134 e. The molecule has 2 fully saturated rings. The Hall–Kier alpha value is -2.40. The van der Waals surface area contributed by atoms with E-state index in [0.29, 0.717) is 17.9 Å². The van der Waals surface area contributed by atoms with Crippen molar-refractivity contribution in [3.63, 3.8) is 0 Å². The Bertz CT molecular complexity index is 905. The average Bonchev–Trinajstić information content (AvgIpc) is 3.34. The first kappa shape index (κ1) is 14.9. The van der Waals surface area contributed by atoms with E-state index in [0.717, 1.165) is 31.0 Å². The van der Waals surface area contributed by atoms with Crippen molar-refractivity contribution >= 4 is 16.7 Å². The monoisotopic (exact) mass is 333 g/mol. The van der Waals surface area contributed by atoms with Crippen LogP contribution in [0.4, 0.5) is 5.82 Å². The molecule has 3 aromatic rings. The summed E-state index contributed by atoms with van der Waals surface area (Å²) >= 11 is 0. The average molecular weight is 333 g/mol. The van der Waals surface area contributed by atoms with Gasteiger partial charge in [0.2, 0.25) is 0 Å². The van der Waals surface area contributed by atoms with Gasteiger partial charge in [-0.3, -0.25) is 0 Å². The van der Waals surface area contributed by atoms with E-state index in [2.05, 4.69) is 40.6 Å². The minimum Gasteiger partial charge on any atom is -0.366 e. The van der Waals surface area contributed by atoms with Crippen LogP contribution < -0.4 is 11.1 Å². The van der Waals surface area contributed by atoms with E-state index in [1.54, 1.807) is 0 Å². The highest BCUT2D eigenvalue weighted by Gasteiger charge is 2.32. The van der Waals surface area contributed by atoms with Crippen LogP contribution in [0.5, 0.6) is 0 Å². The lowest BCUT2D eigenvalue weighted by Crippen LogP contribution is -2.35. The molecule has 0 radical (unpaired) electrons. The van der Waals surface area contributed by atoms with Crippen LogP contribution >= 0.6 is 0 Å². The molecule has 1 aromatic carbocycles. The number of aromatic nitrogens is 3. The van der Waals surface area contributed by atoms with Gasteiger partial charge in [0.15, 0.2) is 0 Å². The maximum atomic E-state index is 5.97. The highest BCUT2D eigenvalue weighted by Crippen LogP contribution is 2.41. The molecule has 0 aliphatic heterocycles. The molecule has 2 heterocycles. The number of nitrogens with one attached hydrogen (secondary N) is 2. The Labute approximate surface area is 147 Å². The smallest absolute Gasteiger partial charge is 0.134 e. The zero-order valence-electron chi connectivity index (χ0n) is 14.2. The van der Waals surface area contributed by atoms with Crippen LogP contribution in [-0.2, 0) is 6.54 Å². The van der Waals surface area contributed by atoms with Crippen molar-refractivity contribution in [2.45, 2.75) is 50.1 Å². The van der Waals surface area contributed by atoms with Gasteiger partial charge < -0.3 is 16.0 Å². The fraction of sp³-hybridized carbons (Fsp3) is 0.400. The quantitative estimate of drug-likeness (QED) is 0.666. The highest BCUT2D eigenvalue weighted by molar-refractivity contribution is 5.83. The molecule has 5 heteroatoms. The molecule has 0 spiro atoms. The number of aromatic amines is 1. The maximum absolute atomic E-state index is 5.97. The van der Waals surface area contributed by atoms with Gasteiger partial charge in [-0.05, 0) is 43.4 Å². The van der Waals surface area contributed by atoms with Crippen LogP contribution in [0.15, 0.2) is 36.5 Å². The van der Waals surface area contributed by atoms with Crippen molar-refractivity contribution < 1.29 is 0 Å². The van der Waals surface area contributed by atoms with Gasteiger partial charge in [0, 0.05) is 53.3 Å². The third kappa shape index (κ3) is 2.89. The number of nitrogens with zero attached hydrogens (tertiary/aromatic N) is 2. The minimum absolute atomic E-state index is 0.340. The normalized spacial score (nSPS) is 22.8. The Balaban J connectivity index is 1.40. The number of hydrogen-bond acceptors (Lipinski definition) is 4. The minimum atomic E-state index is 0.340. The van der Waals surface area contributed by atoms with Crippen LogP contribution in [-0.4, -0.2) is 21.0 Å². The fourth-order valence-corrected chi connectivity index (χ4v) is 3.70. The van der Waals surface area contributed by atoms with Gasteiger partial charge in [0.1, 0.15) is 11.6 Å². The van der Waals surface area contributed by atoms with E-state index >= 15 is 0 Å². The first-order valence-corrected chi connectivity index (χ1v) is 9.19. The summed E-state index contributed by atoms with van der Waals surface area (Å²) in [6.07, 6.45) is 6.51. The Morgan fingerprint density at radius 3 is 2.80 bits per heavy atom. The van der Waals surface area contributed by atoms with Gasteiger partial charge in [-0.1, -0.05) is 12.1 Å². The van der Waals surface area contributed by atoms with Gasteiger partial charge in [0.05, 0.1) is 0 Å². The van der Waals surface area contributed by atoms with Crippen molar-refractivity contribution in [2.75, 3.05) is 5.32 Å². The summed E-state index contributed by atoms with van der Waals surface area (Å²) in [7, 11) is 0. The standard InChI is InChI=1S/C20H23N5/c21-15-8-14(9-15)18-10-19(25-20(24-18)12-4-5-12)23-11-13-2-1-3-17-16(13)6-7-22-17/h1-3,6-7,10,12,14-15,22H,4-5,8-9,11,21H2,(H,23,24,25). The summed E-state index contributed by atoms with van der Waals surface area (Å²) < 4.78 is 0. The van der Waals surface area contributed by atoms with Gasteiger partial charge in [-0.25, -0.2) is 9.97 Å². The summed E-state index contributed by atoms with van der Waals surface area (Å²) in [5, 5.41) is 4.79. The fourth-order valence-electron chi connectivity index (χ4n) is 3.70. The van der Waals surface area contributed by atoms with E-state index in [9.17, 15) is 0 Å². The van der Waals surface area contributed by atoms with Crippen molar-refractivity contribution in [1.29, 1.82) is 0 Å². The molecule has 2 aromatic heterocycles. The molecule has 128 valence electrons. The predicted molar refractivity (Wildman–Crippen MR) is 99.6 cm³/mol. The summed E-state index contributed by atoms with van der Waals surface area (Å²) in [6.45, 7) is 0.764. The Kier molecular flexibility index (Phi) is 3.48. The molecular weight excluding hydrogens is 310 g/mol. The number of benzene rings is 1. The van der Waals surface area contributed by atoms with E-state index in [1.807, 2.05) is 6.20 Å². The molecule has 4 N–H and O–H groups in total. The van der Waals surface area contributed by atoms with Gasteiger partial charge in [-0.2, -0.15) is 0 Å². The van der Waals surface area contributed by atoms with Gasteiger partial charge >= 0.3 is 0 Å². The lowest BCUT2D eigenvalue weighted by atomic mass is 9.78. The molecule has 0 amide bonds. The lowest BCUT2D eigenvalue weighted by molar-refractivity contribution is 0.344. The SMILES string of the molecule is NC1CC(c2cc(NCc3cccc4[nH]ccc34)nc(C3CC3)n2)C1. The molecule has 2 aliphatic carbocycles. The van der Waals surface area contributed by atoms with Crippen LogP contribution in [0.1, 0.15) is 54.6 Å². The second kappa shape index (κ2) is 5.85. The topological polar surface area (TPSA) is 79.6 Å².